The van der Waals surface area contributed by atoms with E-state index >= 15 is 0 Å². The molecule has 7 nitrogen and oxygen atoms in total. The molecule has 1 aromatic heterocycles. The lowest BCUT2D eigenvalue weighted by atomic mass is 9.84. The van der Waals surface area contributed by atoms with Crippen LogP contribution in [0, 0.1) is 0 Å². The van der Waals surface area contributed by atoms with Gasteiger partial charge in [0.2, 0.25) is 0 Å². The predicted molar refractivity (Wildman–Crippen MR) is 85.2 cm³/mol. The Morgan fingerprint density at radius 2 is 1.56 bits per heavy atom. The van der Waals surface area contributed by atoms with Gasteiger partial charge >= 0.3 is 17.9 Å². The zero-order valence-electron chi connectivity index (χ0n) is 13.6. The van der Waals surface area contributed by atoms with Gasteiger partial charge in [0.05, 0.1) is 25.3 Å². The van der Waals surface area contributed by atoms with Crippen LogP contribution in [0.5, 0.6) is 0 Å². The van der Waals surface area contributed by atoms with Gasteiger partial charge in [-0.2, -0.15) is 0 Å². The molecule has 7 heteroatoms. The summed E-state index contributed by atoms with van der Waals surface area (Å²) in [5, 5.41) is 9.38. The highest BCUT2D eigenvalue weighted by molar-refractivity contribution is 6.04. The fourth-order valence-corrected chi connectivity index (χ4v) is 4.14. The highest BCUT2D eigenvalue weighted by atomic mass is 16.5. The standard InChI is InChI=1S/C18H15NO6/c1-24-17(22)11-4-7-8(5-12(11)18(23)25-2)10-3-9(7)13-6-19-15(14(10)13)16(20)21/h4-6,9-10,19H,3H2,1-2H3,(H,20,21)/t9-,10+/m0/s1. The number of hydrogen-bond donors (Lipinski definition) is 2. The molecule has 2 atom stereocenters. The lowest BCUT2D eigenvalue weighted by molar-refractivity contribution is 0.0555. The summed E-state index contributed by atoms with van der Waals surface area (Å²) in [5.74, 6) is -2.34. The Hall–Kier alpha value is -3.09. The van der Waals surface area contributed by atoms with Crippen LogP contribution in [0.25, 0.3) is 0 Å². The van der Waals surface area contributed by atoms with Crippen LogP contribution in [0.2, 0.25) is 0 Å². The van der Waals surface area contributed by atoms with Crippen molar-refractivity contribution in [3.05, 3.63) is 57.4 Å². The van der Waals surface area contributed by atoms with Crippen LogP contribution in [0.1, 0.15) is 71.7 Å². The maximum absolute atomic E-state index is 12.1. The van der Waals surface area contributed by atoms with Crippen LogP contribution in [0.3, 0.4) is 0 Å². The molecule has 0 unspecified atom stereocenters. The van der Waals surface area contributed by atoms with E-state index in [4.69, 9.17) is 9.47 Å². The maximum Gasteiger partial charge on any atom is 0.352 e. The molecule has 25 heavy (non-hydrogen) atoms. The minimum Gasteiger partial charge on any atom is -0.477 e. The third-order valence-electron chi connectivity index (χ3n) is 5.15. The van der Waals surface area contributed by atoms with Crippen LogP contribution in [0.15, 0.2) is 18.3 Å². The van der Waals surface area contributed by atoms with Gasteiger partial charge in [0.25, 0.3) is 0 Å². The number of aromatic amines is 1. The van der Waals surface area contributed by atoms with Crippen molar-refractivity contribution in [2.24, 2.45) is 0 Å². The molecule has 0 saturated heterocycles. The summed E-state index contributed by atoms with van der Waals surface area (Å²) in [5.41, 5.74) is 3.99. The molecule has 2 bridgehead atoms. The summed E-state index contributed by atoms with van der Waals surface area (Å²) >= 11 is 0. The van der Waals surface area contributed by atoms with Gasteiger partial charge in [0, 0.05) is 18.0 Å². The van der Waals surface area contributed by atoms with Crippen LogP contribution in [0.4, 0.5) is 0 Å². The van der Waals surface area contributed by atoms with Crippen molar-refractivity contribution in [1.82, 2.24) is 4.98 Å². The zero-order chi connectivity index (χ0) is 17.9. The molecule has 0 fully saturated rings. The molecule has 4 rings (SSSR count). The fraction of sp³-hybridized carbons (Fsp3) is 0.278. The Bertz CT molecular complexity index is 941. The number of esters is 2. The topological polar surface area (TPSA) is 106 Å². The van der Waals surface area contributed by atoms with Gasteiger partial charge in [-0.3, -0.25) is 0 Å². The molecule has 2 aromatic rings. The number of benzene rings is 1. The number of carboxylic acid groups (broad SMARTS) is 1. The van der Waals surface area contributed by atoms with Gasteiger partial charge in [-0.05, 0) is 40.8 Å². The number of rotatable bonds is 3. The molecule has 1 aromatic carbocycles. The number of H-pyrrole nitrogens is 1. The van der Waals surface area contributed by atoms with E-state index in [-0.39, 0.29) is 28.7 Å². The van der Waals surface area contributed by atoms with Crippen molar-refractivity contribution in [2.75, 3.05) is 14.2 Å². The smallest absolute Gasteiger partial charge is 0.352 e. The number of carbonyl (C=O) groups is 3. The van der Waals surface area contributed by atoms with Gasteiger partial charge < -0.3 is 19.6 Å². The van der Waals surface area contributed by atoms with E-state index in [0.717, 1.165) is 28.7 Å². The second-order valence-corrected chi connectivity index (χ2v) is 6.19. The van der Waals surface area contributed by atoms with Crippen LogP contribution < -0.4 is 0 Å². The number of nitrogens with one attached hydrogen (secondary N) is 1. The third-order valence-corrected chi connectivity index (χ3v) is 5.15. The molecule has 0 saturated carbocycles. The summed E-state index contributed by atoms with van der Waals surface area (Å²) < 4.78 is 9.57. The minimum absolute atomic E-state index is 0.00875. The first-order valence-corrected chi connectivity index (χ1v) is 7.76. The number of aromatic carboxylic acids is 1. The molecule has 0 amide bonds. The zero-order valence-corrected chi connectivity index (χ0v) is 13.6. The summed E-state index contributed by atoms with van der Waals surface area (Å²) in [6, 6.07) is 3.31. The van der Waals surface area contributed by atoms with E-state index in [0.29, 0.717) is 0 Å². The van der Waals surface area contributed by atoms with E-state index < -0.39 is 17.9 Å². The summed E-state index contributed by atoms with van der Waals surface area (Å²) in [6.45, 7) is 0. The molecule has 0 aliphatic heterocycles. The van der Waals surface area contributed by atoms with E-state index in [1.165, 1.54) is 14.2 Å². The van der Waals surface area contributed by atoms with Crippen molar-refractivity contribution >= 4 is 17.9 Å². The van der Waals surface area contributed by atoms with Gasteiger partial charge in [-0.1, -0.05) is 0 Å². The summed E-state index contributed by atoms with van der Waals surface area (Å²) in [4.78, 5) is 38.5. The minimum atomic E-state index is -1.00. The number of fused-ring (bicyclic) bond motifs is 8. The lowest BCUT2D eigenvalue weighted by Crippen LogP contribution is -2.15. The number of hydrogen-bond acceptors (Lipinski definition) is 5. The van der Waals surface area contributed by atoms with Crippen molar-refractivity contribution in [1.29, 1.82) is 0 Å². The summed E-state index contributed by atoms with van der Waals surface area (Å²) in [7, 11) is 2.50. The molecule has 1 heterocycles. The predicted octanol–water partition coefficient (Wildman–Crippen LogP) is 2.27. The first kappa shape index (κ1) is 15.4. The first-order chi connectivity index (χ1) is 12.0. The van der Waals surface area contributed by atoms with Crippen molar-refractivity contribution in [3.8, 4) is 0 Å². The van der Waals surface area contributed by atoms with Crippen molar-refractivity contribution in [2.45, 2.75) is 18.3 Å². The maximum atomic E-state index is 12.1. The van der Waals surface area contributed by atoms with E-state index in [1.807, 2.05) is 0 Å². The normalized spacial score (nSPS) is 19.3. The van der Waals surface area contributed by atoms with E-state index in [9.17, 15) is 19.5 Å². The number of carboxylic acids is 1. The molecule has 0 radical (unpaired) electrons. The molecular formula is C18H15NO6. The van der Waals surface area contributed by atoms with Crippen LogP contribution >= 0.6 is 0 Å². The highest BCUT2D eigenvalue weighted by Crippen LogP contribution is 2.57. The van der Waals surface area contributed by atoms with Crippen molar-refractivity contribution in [3.63, 3.8) is 0 Å². The SMILES string of the molecule is COC(=O)c1cc2c(cc1C(=O)OC)[C@H]1C[C@@H]2c2c[nH]c(C(=O)O)c21. The van der Waals surface area contributed by atoms with Crippen molar-refractivity contribution < 1.29 is 29.0 Å². The summed E-state index contributed by atoms with van der Waals surface area (Å²) in [6.07, 6.45) is 2.46. The number of methoxy groups -OCH3 is 2. The van der Waals surface area contributed by atoms with Crippen LogP contribution in [-0.2, 0) is 9.47 Å². The molecule has 0 spiro atoms. The Balaban J connectivity index is 1.90. The molecular weight excluding hydrogens is 326 g/mol. The second-order valence-electron chi connectivity index (χ2n) is 6.19. The Morgan fingerprint density at radius 3 is 2.08 bits per heavy atom. The number of ether oxygens (including phenoxy) is 2. The monoisotopic (exact) mass is 341 g/mol. The average molecular weight is 341 g/mol. The lowest BCUT2D eigenvalue weighted by Gasteiger charge is -2.19. The Kier molecular flexibility index (Phi) is 3.21. The number of aromatic nitrogens is 1. The Morgan fingerprint density at radius 1 is 1.00 bits per heavy atom. The Labute approximate surface area is 142 Å². The molecule has 2 aliphatic carbocycles. The molecule has 128 valence electrons. The van der Waals surface area contributed by atoms with Gasteiger partial charge in [0.15, 0.2) is 0 Å². The van der Waals surface area contributed by atoms with Gasteiger partial charge in [-0.25, -0.2) is 14.4 Å². The quantitative estimate of drug-likeness (QED) is 0.830. The van der Waals surface area contributed by atoms with Crippen LogP contribution in [-0.4, -0.2) is 42.2 Å². The second kappa shape index (κ2) is 5.20. The first-order valence-electron chi connectivity index (χ1n) is 7.76. The third kappa shape index (κ3) is 1.95. The highest BCUT2D eigenvalue weighted by Gasteiger charge is 2.45. The van der Waals surface area contributed by atoms with E-state index in [2.05, 4.69) is 4.98 Å². The molecule has 2 aliphatic rings. The fourth-order valence-electron chi connectivity index (χ4n) is 4.14. The average Bonchev–Trinajstić information content (AvgIpc) is 3.29. The largest absolute Gasteiger partial charge is 0.477 e. The van der Waals surface area contributed by atoms with Gasteiger partial charge in [-0.15, -0.1) is 0 Å². The van der Waals surface area contributed by atoms with Gasteiger partial charge in [0.1, 0.15) is 5.69 Å². The number of carbonyl (C=O) groups excluding carboxylic acids is 2. The van der Waals surface area contributed by atoms with E-state index in [1.54, 1.807) is 18.3 Å². The molecule has 2 N–H and O–H groups in total.